The number of anilines is 2. The molecule has 1 aromatic carbocycles. The normalized spacial score (nSPS) is 20.9. The zero-order valence-corrected chi connectivity index (χ0v) is 12.6. The van der Waals surface area contributed by atoms with Crippen molar-refractivity contribution < 1.29 is 0 Å². The van der Waals surface area contributed by atoms with Crippen molar-refractivity contribution >= 4 is 11.4 Å². The Morgan fingerprint density at radius 2 is 1.60 bits per heavy atom. The smallest absolute Gasteiger partial charge is 0.0602 e. The fraction of sp³-hybridized carbons (Fsp3) is 0.667. The van der Waals surface area contributed by atoms with Crippen LogP contribution in [-0.2, 0) is 0 Å². The van der Waals surface area contributed by atoms with Gasteiger partial charge in [0, 0.05) is 19.6 Å². The molecule has 2 heteroatoms. The van der Waals surface area contributed by atoms with Crippen molar-refractivity contribution in [2.75, 3.05) is 29.9 Å². The van der Waals surface area contributed by atoms with E-state index in [0.29, 0.717) is 0 Å². The van der Waals surface area contributed by atoms with Gasteiger partial charge in [-0.3, -0.25) is 0 Å². The SMILES string of the molecule is c1ccc(N2CCCCC2)c(NCC2CCCCC2)c1. The Morgan fingerprint density at radius 1 is 0.900 bits per heavy atom. The van der Waals surface area contributed by atoms with Crippen LogP contribution >= 0.6 is 0 Å². The van der Waals surface area contributed by atoms with Crippen LogP contribution in [0.5, 0.6) is 0 Å². The number of piperidine rings is 1. The summed E-state index contributed by atoms with van der Waals surface area (Å²) in [7, 11) is 0. The van der Waals surface area contributed by atoms with Gasteiger partial charge in [-0.25, -0.2) is 0 Å². The molecule has 1 aliphatic carbocycles. The molecule has 1 aromatic rings. The lowest BCUT2D eigenvalue weighted by molar-refractivity contribution is 0.373. The highest BCUT2D eigenvalue weighted by Crippen LogP contribution is 2.30. The monoisotopic (exact) mass is 272 g/mol. The average Bonchev–Trinajstić information content (AvgIpc) is 2.55. The molecule has 110 valence electrons. The molecule has 2 fully saturated rings. The highest BCUT2D eigenvalue weighted by Gasteiger charge is 2.16. The number of hydrogen-bond acceptors (Lipinski definition) is 2. The molecule has 0 spiro atoms. The average molecular weight is 272 g/mol. The number of nitrogens with one attached hydrogen (secondary N) is 1. The van der Waals surface area contributed by atoms with E-state index >= 15 is 0 Å². The Labute approximate surface area is 123 Å². The van der Waals surface area contributed by atoms with Crippen molar-refractivity contribution in [2.45, 2.75) is 51.4 Å². The first-order chi connectivity index (χ1) is 9.93. The van der Waals surface area contributed by atoms with E-state index in [1.54, 1.807) is 0 Å². The number of nitrogens with zero attached hydrogens (tertiary/aromatic N) is 1. The summed E-state index contributed by atoms with van der Waals surface area (Å²) in [4.78, 5) is 2.56. The number of hydrogen-bond donors (Lipinski definition) is 1. The largest absolute Gasteiger partial charge is 0.383 e. The van der Waals surface area contributed by atoms with E-state index in [9.17, 15) is 0 Å². The highest BCUT2D eigenvalue weighted by atomic mass is 15.1. The van der Waals surface area contributed by atoms with E-state index in [1.165, 1.54) is 75.8 Å². The lowest BCUT2D eigenvalue weighted by Gasteiger charge is -2.31. The van der Waals surface area contributed by atoms with Crippen LogP contribution in [0.3, 0.4) is 0 Å². The van der Waals surface area contributed by atoms with Crippen molar-refractivity contribution in [3.63, 3.8) is 0 Å². The fourth-order valence-corrected chi connectivity index (χ4v) is 3.68. The first-order valence-corrected chi connectivity index (χ1v) is 8.51. The third-order valence-electron chi connectivity index (χ3n) is 4.91. The second kappa shape index (κ2) is 7.01. The third kappa shape index (κ3) is 3.47. The number of rotatable bonds is 4. The maximum absolute atomic E-state index is 3.74. The zero-order valence-electron chi connectivity index (χ0n) is 12.6. The summed E-state index contributed by atoms with van der Waals surface area (Å²) in [6.45, 7) is 3.61. The van der Waals surface area contributed by atoms with Crippen molar-refractivity contribution in [1.82, 2.24) is 0 Å². The molecule has 1 aliphatic heterocycles. The number of benzene rings is 1. The van der Waals surface area contributed by atoms with Crippen LogP contribution in [0, 0.1) is 5.92 Å². The Kier molecular flexibility index (Phi) is 4.83. The minimum atomic E-state index is 0.887. The molecule has 0 atom stereocenters. The fourth-order valence-electron chi connectivity index (χ4n) is 3.68. The maximum atomic E-state index is 3.74. The molecule has 1 saturated heterocycles. The first-order valence-electron chi connectivity index (χ1n) is 8.51. The summed E-state index contributed by atoms with van der Waals surface area (Å²) in [5, 5.41) is 3.74. The number of para-hydroxylation sites is 2. The van der Waals surface area contributed by atoms with E-state index in [-0.39, 0.29) is 0 Å². The van der Waals surface area contributed by atoms with Crippen molar-refractivity contribution in [3.05, 3.63) is 24.3 Å². The second-order valence-corrected chi connectivity index (χ2v) is 6.45. The summed E-state index contributed by atoms with van der Waals surface area (Å²) < 4.78 is 0. The summed E-state index contributed by atoms with van der Waals surface area (Å²) in [6, 6.07) is 8.88. The molecule has 2 aliphatic rings. The quantitative estimate of drug-likeness (QED) is 0.857. The summed E-state index contributed by atoms with van der Waals surface area (Å²) in [6.07, 6.45) is 11.2. The third-order valence-corrected chi connectivity index (χ3v) is 4.91. The Hall–Kier alpha value is -1.18. The van der Waals surface area contributed by atoms with Crippen LogP contribution in [-0.4, -0.2) is 19.6 Å². The van der Waals surface area contributed by atoms with E-state index in [4.69, 9.17) is 0 Å². The van der Waals surface area contributed by atoms with Crippen molar-refractivity contribution in [1.29, 1.82) is 0 Å². The van der Waals surface area contributed by atoms with Gasteiger partial charge in [0.25, 0.3) is 0 Å². The Balaban J connectivity index is 1.62. The van der Waals surface area contributed by atoms with Gasteiger partial charge in [0.05, 0.1) is 11.4 Å². The van der Waals surface area contributed by atoms with Crippen LogP contribution in [0.2, 0.25) is 0 Å². The van der Waals surface area contributed by atoms with E-state index in [2.05, 4.69) is 34.5 Å². The van der Waals surface area contributed by atoms with Gasteiger partial charge in [-0.15, -0.1) is 0 Å². The maximum Gasteiger partial charge on any atom is 0.0602 e. The molecule has 1 N–H and O–H groups in total. The van der Waals surface area contributed by atoms with Gasteiger partial charge in [-0.2, -0.15) is 0 Å². The van der Waals surface area contributed by atoms with Crippen LogP contribution in [0.1, 0.15) is 51.4 Å². The van der Waals surface area contributed by atoms with Gasteiger partial charge in [-0.1, -0.05) is 31.4 Å². The predicted molar refractivity (Wildman–Crippen MR) is 87.6 cm³/mol. The van der Waals surface area contributed by atoms with Crippen LogP contribution < -0.4 is 10.2 Å². The lowest BCUT2D eigenvalue weighted by atomic mass is 9.89. The topological polar surface area (TPSA) is 15.3 Å². The molecule has 20 heavy (non-hydrogen) atoms. The molecule has 0 aromatic heterocycles. The van der Waals surface area contributed by atoms with Gasteiger partial charge >= 0.3 is 0 Å². The molecule has 1 heterocycles. The van der Waals surface area contributed by atoms with Gasteiger partial charge in [0.15, 0.2) is 0 Å². The molecule has 0 radical (unpaired) electrons. The molecular formula is C18H28N2. The standard InChI is InChI=1S/C18H28N2/c1-3-9-16(10-4-1)15-19-17-11-5-6-12-18(17)20-13-7-2-8-14-20/h5-6,11-12,16,19H,1-4,7-10,13-15H2. The van der Waals surface area contributed by atoms with E-state index in [0.717, 1.165) is 12.5 Å². The summed E-state index contributed by atoms with van der Waals surface area (Å²) in [5.74, 6) is 0.887. The van der Waals surface area contributed by atoms with Gasteiger partial charge in [-0.05, 0) is 50.2 Å². The molecule has 2 nitrogen and oxygen atoms in total. The molecule has 0 amide bonds. The van der Waals surface area contributed by atoms with Crippen LogP contribution in [0.4, 0.5) is 11.4 Å². The molecule has 1 saturated carbocycles. The summed E-state index contributed by atoms with van der Waals surface area (Å²) in [5.41, 5.74) is 2.77. The zero-order chi connectivity index (χ0) is 13.6. The Bertz CT molecular complexity index is 404. The minimum Gasteiger partial charge on any atom is -0.383 e. The lowest BCUT2D eigenvalue weighted by Crippen LogP contribution is -2.30. The first kappa shape index (κ1) is 13.8. The van der Waals surface area contributed by atoms with Gasteiger partial charge < -0.3 is 10.2 Å². The highest BCUT2D eigenvalue weighted by molar-refractivity contribution is 5.70. The van der Waals surface area contributed by atoms with Gasteiger partial charge in [0.1, 0.15) is 0 Å². The second-order valence-electron chi connectivity index (χ2n) is 6.45. The summed E-state index contributed by atoms with van der Waals surface area (Å²) >= 11 is 0. The Morgan fingerprint density at radius 3 is 2.40 bits per heavy atom. The van der Waals surface area contributed by atoms with E-state index in [1.807, 2.05) is 0 Å². The van der Waals surface area contributed by atoms with E-state index < -0.39 is 0 Å². The van der Waals surface area contributed by atoms with Crippen LogP contribution in [0.25, 0.3) is 0 Å². The van der Waals surface area contributed by atoms with Gasteiger partial charge in [0.2, 0.25) is 0 Å². The molecule has 0 bridgehead atoms. The molecular weight excluding hydrogens is 244 g/mol. The molecule has 3 rings (SSSR count). The van der Waals surface area contributed by atoms with Crippen molar-refractivity contribution in [2.24, 2.45) is 5.92 Å². The van der Waals surface area contributed by atoms with Crippen molar-refractivity contribution in [3.8, 4) is 0 Å². The predicted octanol–water partition coefficient (Wildman–Crippen LogP) is 4.67. The molecule has 0 unspecified atom stereocenters. The minimum absolute atomic E-state index is 0.887. The van der Waals surface area contributed by atoms with Crippen LogP contribution in [0.15, 0.2) is 24.3 Å².